The van der Waals surface area contributed by atoms with Crippen molar-refractivity contribution in [1.29, 1.82) is 0 Å². The minimum Gasteiger partial charge on any atom is -0.326 e. The third kappa shape index (κ3) is 5.45. The van der Waals surface area contributed by atoms with Crippen LogP contribution in [0.2, 0.25) is 0 Å². The molecule has 7 heteroatoms. The Morgan fingerprint density at radius 3 is 2.45 bits per heavy atom. The highest BCUT2D eigenvalue weighted by molar-refractivity contribution is 5.91. The largest absolute Gasteiger partial charge is 0.326 e. The molecule has 0 fully saturated rings. The average Bonchev–Trinajstić information content (AvgIpc) is 2.71. The predicted octanol–water partition coefficient (Wildman–Crippen LogP) is 3.94. The zero-order valence-electron chi connectivity index (χ0n) is 18.1. The topological polar surface area (TPSA) is 93.1 Å². The first-order valence-corrected chi connectivity index (χ1v) is 10.1. The van der Waals surface area contributed by atoms with Crippen molar-refractivity contribution in [2.24, 2.45) is 0 Å². The molecule has 3 aromatic rings. The second-order valence-electron chi connectivity index (χ2n) is 7.72. The fourth-order valence-electron chi connectivity index (χ4n) is 3.26. The summed E-state index contributed by atoms with van der Waals surface area (Å²) in [4.78, 5) is 36.3. The normalized spacial score (nSPS) is 10.7. The van der Waals surface area contributed by atoms with Gasteiger partial charge in [-0.2, -0.15) is 5.10 Å². The van der Waals surface area contributed by atoms with E-state index in [1.807, 2.05) is 43.3 Å². The minimum absolute atomic E-state index is 0.170. The van der Waals surface area contributed by atoms with Gasteiger partial charge < -0.3 is 10.6 Å². The van der Waals surface area contributed by atoms with Crippen LogP contribution in [0.3, 0.4) is 0 Å². The van der Waals surface area contributed by atoms with Gasteiger partial charge in [-0.1, -0.05) is 44.2 Å². The van der Waals surface area contributed by atoms with E-state index in [9.17, 15) is 14.4 Å². The van der Waals surface area contributed by atoms with Gasteiger partial charge in [-0.25, -0.2) is 4.68 Å². The summed E-state index contributed by atoms with van der Waals surface area (Å²) in [7, 11) is 0. The van der Waals surface area contributed by atoms with Crippen molar-refractivity contribution in [1.82, 2.24) is 9.78 Å². The van der Waals surface area contributed by atoms with Gasteiger partial charge in [0.25, 0.3) is 5.56 Å². The molecular weight excluding hydrogens is 392 g/mol. The van der Waals surface area contributed by atoms with Crippen molar-refractivity contribution in [3.05, 3.63) is 76.1 Å². The van der Waals surface area contributed by atoms with Gasteiger partial charge in [-0.3, -0.25) is 14.4 Å². The van der Waals surface area contributed by atoms with Crippen LogP contribution in [-0.4, -0.2) is 21.6 Å². The van der Waals surface area contributed by atoms with E-state index >= 15 is 0 Å². The minimum atomic E-state index is -0.370. The number of aryl methyl sites for hydroxylation is 1. The highest BCUT2D eigenvalue weighted by Gasteiger charge is 2.12. The Bertz CT molecular complexity index is 1180. The lowest BCUT2D eigenvalue weighted by atomic mass is 10.0. The van der Waals surface area contributed by atoms with Gasteiger partial charge in [0.15, 0.2) is 0 Å². The molecule has 0 radical (unpaired) electrons. The molecule has 7 nitrogen and oxygen atoms in total. The Labute approximate surface area is 181 Å². The van der Waals surface area contributed by atoms with Crippen molar-refractivity contribution < 1.29 is 9.59 Å². The number of nitrogens with zero attached hydrogens (tertiary/aromatic N) is 2. The Balaban J connectivity index is 1.85. The van der Waals surface area contributed by atoms with Crippen LogP contribution < -0.4 is 16.2 Å². The first-order chi connectivity index (χ1) is 14.7. The van der Waals surface area contributed by atoms with Gasteiger partial charge in [0.1, 0.15) is 6.54 Å². The van der Waals surface area contributed by atoms with E-state index in [4.69, 9.17) is 0 Å². The van der Waals surface area contributed by atoms with Gasteiger partial charge >= 0.3 is 0 Å². The average molecular weight is 418 g/mol. The SMILES string of the molecule is CC(=O)Nc1cc(-c2ccc(=O)n(CC(=O)Nc3ccccc3C(C)C)n2)ccc1C. The van der Waals surface area contributed by atoms with E-state index in [2.05, 4.69) is 29.6 Å². The van der Waals surface area contributed by atoms with E-state index < -0.39 is 0 Å². The van der Waals surface area contributed by atoms with Gasteiger partial charge in [0.2, 0.25) is 11.8 Å². The molecule has 0 spiro atoms. The number of hydrogen-bond acceptors (Lipinski definition) is 4. The Morgan fingerprint density at radius 1 is 1.00 bits per heavy atom. The molecule has 2 amide bonds. The number of nitrogens with one attached hydrogen (secondary N) is 2. The monoisotopic (exact) mass is 418 g/mol. The van der Waals surface area contributed by atoms with Crippen molar-refractivity contribution in [3.8, 4) is 11.3 Å². The summed E-state index contributed by atoms with van der Waals surface area (Å²) in [5.74, 6) is -0.251. The summed E-state index contributed by atoms with van der Waals surface area (Å²) < 4.78 is 1.14. The summed E-state index contributed by atoms with van der Waals surface area (Å²) in [5, 5.41) is 10.0. The maximum absolute atomic E-state index is 12.6. The zero-order chi connectivity index (χ0) is 22.5. The maximum Gasteiger partial charge on any atom is 0.267 e. The van der Waals surface area contributed by atoms with Crippen LogP contribution in [-0.2, 0) is 16.1 Å². The third-order valence-corrected chi connectivity index (χ3v) is 4.86. The number of rotatable bonds is 6. The van der Waals surface area contributed by atoms with Gasteiger partial charge in [0, 0.05) is 29.9 Å². The number of anilines is 2. The second-order valence-corrected chi connectivity index (χ2v) is 7.72. The molecule has 160 valence electrons. The third-order valence-electron chi connectivity index (χ3n) is 4.86. The summed E-state index contributed by atoms with van der Waals surface area (Å²) in [5.41, 5.74) is 4.23. The number of benzene rings is 2. The number of carbonyl (C=O) groups excluding carboxylic acids is 2. The lowest BCUT2D eigenvalue weighted by Crippen LogP contribution is -2.29. The van der Waals surface area contributed by atoms with E-state index in [-0.39, 0.29) is 29.8 Å². The molecule has 31 heavy (non-hydrogen) atoms. The fraction of sp³-hybridized carbons (Fsp3) is 0.250. The number of hydrogen-bond donors (Lipinski definition) is 2. The van der Waals surface area contributed by atoms with E-state index in [0.29, 0.717) is 11.4 Å². The van der Waals surface area contributed by atoms with Crippen molar-refractivity contribution in [3.63, 3.8) is 0 Å². The van der Waals surface area contributed by atoms with Crippen LogP contribution in [0.25, 0.3) is 11.3 Å². The molecule has 0 atom stereocenters. The fourth-order valence-corrected chi connectivity index (χ4v) is 3.26. The van der Waals surface area contributed by atoms with Crippen LogP contribution in [0, 0.1) is 6.92 Å². The lowest BCUT2D eigenvalue weighted by molar-refractivity contribution is -0.117. The second kappa shape index (κ2) is 9.38. The standard InChI is InChI=1S/C24H26N4O3/c1-15(2)19-7-5-6-8-21(19)26-23(30)14-28-24(31)12-11-20(27-28)18-10-9-16(3)22(13-18)25-17(4)29/h5-13,15H,14H2,1-4H3,(H,25,29)(H,26,30). The maximum atomic E-state index is 12.6. The summed E-state index contributed by atoms with van der Waals surface area (Å²) in [6, 6.07) is 16.1. The molecule has 0 bridgehead atoms. The number of para-hydroxylation sites is 1. The highest BCUT2D eigenvalue weighted by atomic mass is 16.2. The molecule has 1 heterocycles. The number of carbonyl (C=O) groups is 2. The first kappa shape index (κ1) is 22.0. The summed E-state index contributed by atoms with van der Waals surface area (Å²) in [6.07, 6.45) is 0. The van der Waals surface area contributed by atoms with Crippen LogP contribution >= 0.6 is 0 Å². The van der Waals surface area contributed by atoms with Crippen LogP contribution in [0.4, 0.5) is 11.4 Å². The molecule has 0 saturated carbocycles. The molecular formula is C24H26N4O3. The molecule has 0 unspecified atom stereocenters. The zero-order valence-corrected chi connectivity index (χ0v) is 18.1. The molecule has 1 aromatic heterocycles. The van der Waals surface area contributed by atoms with Crippen molar-refractivity contribution in [2.75, 3.05) is 10.6 Å². The van der Waals surface area contributed by atoms with Gasteiger partial charge in [0.05, 0.1) is 5.69 Å². The summed E-state index contributed by atoms with van der Waals surface area (Å²) >= 11 is 0. The van der Waals surface area contributed by atoms with Crippen LogP contribution in [0.1, 0.15) is 37.8 Å². The molecule has 0 aliphatic carbocycles. The van der Waals surface area contributed by atoms with E-state index in [0.717, 1.165) is 27.1 Å². The quantitative estimate of drug-likeness (QED) is 0.634. The van der Waals surface area contributed by atoms with Crippen LogP contribution in [0.15, 0.2) is 59.4 Å². The molecule has 0 aliphatic heterocycles. The lowest BCUT2D eigenvalue weighted by Gasteiger charge is -2.14. The number of aromatic nitrogens is 2. The predicted molar refractivity (Wildman–Crippen MR) is 122 cm³/mol. The van der Waals surface area contributed by atoms with E-state index in [1.165, 1.54) is 13.0 Å². The van der Waals surface area contributed by atoms with Gasteiger partial charge in [-0.15, -0.1) is 0 Å². The smallest absolute Gasteiger partial charge is 0.267 e. The van der Waals surface area contributed by atoms with Crippen molar-refractivity contribution >= 4 is 23.2 Å². The first-order valence-electron chi connectivity index (χ1n) is 10.1. The molecule has 2 N–H and O–H groups in total. The Hall–Kier alpha value is -3.74. The molecule has 2 aromatic carbocycles. The summed E-state index contributed by atoms with van der Waals surface area (Å²) in [6.45, 7) is 7.24. The number of amides is 2. The molecule has 0 aliphatic rings. The molecule has 3 rings (SSSR count). The molecule has 0 saturated heterocycles. The Morgan fingerprint density at radius 2 is 1.74 bits per heavy atom. The van der Waals surface area contributed by atoms with Crippen molar-refractivity contribution in [2.45, 2.75) is 40.2 Å². The highest BCUT2D eigenvalue weighted by Crippen LogP contribution is 2.24. The van der Waals surface area contributed by atoms with Crippen LogP contribution in [0.5, 0.6) is 0 Å². The Kier molecular flexibility index (Phi) is 6.65. The van der Waals surface area contributed by atoms with Gasteiger partial charge in [-0.05, 0) is 42.2 Å². The van der Waals surface area contributed by atoms with E-state index in [1.54, 1.807) is 12.1 Å².